The number of carboxylic acid groups (broad SMARTS) is 1. The number of carboxylic acids is 1. The normalized spacial score (nSPS) is 16.4. The number of aliphatic carboxylic acids is 1. The molecule has 1 N–H and O–H groups in total. The highest BCUT2D eigenvalue weighted by Gasteiger charge is 2.30. The van der Waals surface area contributed by atoms with Gasteiger partial charge in [0, 0.05) is 25.8 Å². The van der Waals surface area contributed by atoms with E-state index < -0.39 is 23.8 Å². The predicted molar refractivity (Wildman–Crippen MR) is 104 cm³/mol. The second kappa shape index (κ2) is 6.36. The summed E-state index contributed by atoms with van der Waals surface area (Å²) in [6.45, 7) is 4.70. The van der Waals surface area contributed by atoms with Crippen molar-refractivity contribution in [1.29, 1.82) is 0 Å². The van der Waals surface area contributed by atoms with Gasteiger partial charge in [-0.3, -0.25) is 14.2 Å². The van der Waals surface area contributed by atoms with Gasteiger partial charge in [0.05, 0.1) is 0 Å². The van der Waals surface area contributed by atoms with E-state index in [-0.39, 0.29) is 17.1 Å². The quantitative estimate of drug-likeness (QED) is 0.726. The lowest BCUT2D eigenvalue weighted by molar-refractivity contribution is -0.137. The van der Waals surface area contributed by atoms with Gasteiger partial charge in [-0.05, 0) is 25.0 Å². The summed E-state index contributed by atoms with van der Waals surface area (Å²) in [6, 6.07) is 8.02. The van der Waals surface area contributed by atoms with Crippen LogP contribution >= 0.6 is 0 Å². The van der Waals surface area contributed by atoms with Crippen molar-refractivity contribution in [3.63, 3.8) is 0 Å². The SMILES string of the molecule is Cc1ccc(N2CC(C)Cn3c2nc2c3c(=O)n(CC(=O)O)c(=O)n2C)cc1. The minimum Gasteiger partial charge on any atom is -0.480 e. The van der Waals surface area contributed by atoms with Crippen LogP contribution in [0.2, 0.25) is 0 Å². The first kappa shape index (κ1) is 18.0. The van der Waals surface area contributed by atoms with Gasteiger partial charge in [0.2, 0.25) is 5.95 Å². The van der Waals surface area contributed by atoms with Crippen molar-refractivity contribution in [3.8, 4) is 0 Å². The van der Waals surface area contributed by atoms with Gasteiger partial charge >= 0.3 is 11.7 Å². The molecule has 3 aromatic rings. The molecule has 146 valence electrons. The summed E-state index contributed by atoms with van der Waals surface area (Å²) in [5.41, 5.74) is 1.29. The van der Waals surface area contributed by atoms with E-state index in [1.165, 1.54) is 11.6 Å². The Morgan fingerprint density at radius 3 is 2.54 bits per heavy atom. The monoisotopic (exact) mass is 383 g/mol. The van der Waals surface area contributed by atoms with Crippen LogP contribution in [0.5, 0.6) is 0 Å². The second-order valence-electron chi connectivity index (χ2n) is 7.37. The molecular formula is C19H21N5O4. The third kappa shape index (κ3) is 2.70. The van der Waals surface area contributed by atoms with Crippen molar-refractivity contribution in [1.82, 2.24) is 18.7 Å². The number of fused-ring (bicyclic) bond motifs is 3. The van der Waals surface area contributed by atoms with Gasteiger partial charge in [-0.15, -0.1) is 0 Å². The first-order chi connectivity index (χ1) is 13.3. The number of aryl methyl sites for hydroxylation is 2. The van der Waals surface area contributed by atoms with Crippen LogP contribution in [-0.2, 0) is 24.9 Å². The summed E-state index contributed by atoms with van der Waals surface area (Å²) in [7, 11) is 1.50. The molecule has 1 aliphatic heterocycles. The van der Waals surface area contributed by atoms with Crippen LogP contribution in [0.15, 0.2) is 33.9 Å². The topological polar surface area (TPSA) is 102 Å². The third-order valence-electron chi connectivity index (χ3n) is 5.08. The largest absolute Gasteiger partial charge is 0.480 e. The highest BCUT2D eigenvalue weighted by atomic mass is 16.4. The summed E-state index contributed by atoms with van der Waals surface area (Å²) in [6.07, 6.45) is 0. The zero-order valence-corrected chi connectivity index (χ0v) is 15.9. The molecule has 1 aromatic carbocycles. The van der Waals surface area contributed by atoms with Gasteiger partial charge in [0.1, 0.15) is 6.54 Å². The third-order valence-corrected chi connectivity index (χ3v) is 5.08. The first-order valence-corrected chi connectivity index (χ1v) is 9.04. The summed E-state index contributed by atoms with van der Waals surface area (Å²) >= 11 is 0. The second-order valence-corrected chi connectivity index (χ2v) is 7.37. The fraction of sp³-hybridized carbons (Fsp3) is 0.368. The van der Waals surface area contributed by atoms with Gasteiger partial charge in [-0.1, -0.05) is 24.6 Å². The summed E-state index contributed by atoms with van der Waals surface area (Å²) in [4.78, 5) is 43.2. The Labute approximate surface area is 160 Å². The van der Waals surface area contributed by atoms with E-state index in [0.29, 0.717) is 12.5 Å². The minimum atomic E-state index is -1.24. The van der Waals surface area contributed by atoms with E-state index in [0.717, 1.165) is 22.4 Å². The summed E-state index contributed by atoms with van der Waals surface area (Å²) < 4.78 is 3.78. The summed E-state index contributed by atoms with van der Waals surface area (Å²) in [5.74, 6) is -0.431. The van der Waals surface area contributed by atoms with E-state index in [4.69, 9.17) is 5.11 Å². The van der Waals surface area contributed by atoms with E-state index in [1.54, 1.807) is 4.57 Å². The highest BCUT2D eigenvalue weighted by molar-refractivity contribution is 5.77. The van der Waals surface area contributed by atoms with Crippen LogP contribution in [0.25, 0.3) is 11.2 Å². The maximum atomic E-state index is 13.0. The lowest BCUT2D eigenvalue weighted by Gasteiger charge is -2.33. The molecular weight excluding hydrogens is 362 g/mol. The average Bonchev–Trinajstić information content (AvgIpc) is 3.03. The molecule has 0 bridgehead atoms. The smallest absolute Gasteiger partial charge is 0.333 e. The molecule has 1 unspecified atom stereocenters. The Kier molecular flexibility index (Phi) is 4.10. The lowest BCUT2D eigenvalue weighted by Crippen LogP contribution is -2.41. The van der Waals surface area contributed by atoms with Gasteiger partial charge in [0.15, 0.2) is 11.2 Å². The molecule has 1 aliphatic rings. The highest BCUT2D eigenvalue weighted by Crippen LogP contribution is 2.32. The van der Waals surface area contributed by atoms with Crippen molar-refractivity contribution < 1.29 is 9.90 Å². The molecule has 4 rings (SSSR count). The maximum Gasteiger partial charge on any atom is 0.333 e. The fourth-order valence-electron chi connectivity index (χ4n) is 3.72. The molecule has 0 saturated carbocycles. The van der Waals surface area contributed by atoms with Crippen LogP contribution in [0.3, 0.4) is 0 Å². The van der Waals surface area contributed by atoms with Gasteiger partial charge < -0.3 is 14.6 Å². The van der Waals surface area contributed by atoms with Crippen LogP contribution < -0.4 is 16.1 Å². The zero-order valence-electron chi connectivity index (χ0n) is 15.9. The van der Waals surface area contributed by atoms with Gasteiger partial charge in [-0.2, -0.15) is 4.98 Å². The number of anilines is 2. The standard InChI is InChI=1S/C19H21N5O4/c1-11-4-6-13(7-5-11)22-8-12(2)9-23-15-16(20-18(22)23)21(3)19(28)24(17(15)27)10-14(25)26/h4-7,12H,8-10H2,1-3H3,(H,25,26). The molecule has 0 amide bonds. The van der Waals surface area contributed by atoms with Crippen LogP contribution in [0, 0.1) is 12.8 Å². The van der Waals surface area contributed by atoms with Crippen molar-refractivity contribution >= 4 is 28.8 Å². The Morgan fingerprint density at radius 1 is 1.21 bits per heavy atom. The van der Waals surface area contributed by atoms with Crippen LogP contribution in [0.1, 0.15) is 12.5 Å². The molecule has 2 aromatic heterocycles. The number of aromatic nitrogens is 4. The molecule has 0 radical (unpaired) electrons. The fourth-order valence-corrected chi connectivity index (χ4v) is 3.72. The van der Waals surface area contributed by atoms with Gasteiger partial charge in [0.25, 0.3) is 5.56 Å². The maximum absolute atomic E-state index is 13.0. The van der Waals surface area contributed by atoms with E-state index in [1.807, 2.05) is 36.1 Å². The van der Waals surface area contributed by atoms with Crippen LogP contribution in [-0.4, -0.2) is 36.3 Å². The first-order valence-electron chi connectivity index (χ1n) is 9.04. The Balaban J connectivity index is 2.00. The number of hydrogen-bond donors (Lipinski definition) is 1. The van der Waals surface area contributed by atoms with E-state index in [2.05, 4.69) is 11.9 Å². The average molecular weight is 383 g/mol. The van der Waals surface area contributed by atoms with Crippen LogP contribution in [0.4, 0.5) is 11.6 Å². The van der Waals surface area contributed by atoms with E-state index in [9.17, 15) is 14.4 Å². The molecule has 0 aliphatic carbocycles. The van der Waals surface area contributed by atoms with Crippen molar-refractivity contribution in [2.75, 3.05) is 11.4 Å². The molecule has 1 atom stereocenters. The molecule has 3 heterocycles. The number of carbonyl (C=O) groups is 1. The Hall–Kier alpha value is -3.36. The molecule has 28 heavy (non-hydrogen) atoms. The number of imidazole rings is 1. The molecule has 0 saturated heterocycles. The van der Waals surface area contributed by atoms with Crippen molar-refractivity contribution in [3.05, 3.63) is 50.7 Å². The number of rotatable bonds is 3. The number of nitrogens with zero attached hydrogens (tertiary/aromatic N) is 5. The molecule has 0 spiro atoms. The van der Waals surface area contributed by atoms with Gasteiger partial charge in [-0.25, -0.2) is 9.36 Å². The predicted octanol–water partition coefficient (Wildman–Crippen LogP) is 1.08. The van der Waals surface area contributed by atoms with Crippen molar-refractivity contribution in [2.45, 2.75) is 26.9 Å². The molecule has 9 nitrogen and oxygen atoms in total. The molecule has 0 fully saturated rings. The molecule has 9 heteroatoms. The Morgan fingerprint density at radius 2 is 1.89 bits per heavy atom. The Bertz CT molecular complexity index is 1200. The number of hydrogen-bond acceptors (Lipinski definition) is 5. The minimum absolute atomic E-state index is 0.232. The summed E-state index contributed by atoms with van der Waals surface area (Å²) in [5, 5.41) is 9.08. The van der Waals surface area contributed by atoms with Crippen molar-refractivity contribution in [2.24, 2.45) is 13.0 Å². The zero-order chi connectivity index (χ0) is 20.2. The lowest BCUT2D eigenvalue weighted by atomic mass is 10.1. The number of benzene rings is 1. The van der Waals surface area contributed by atoms with E-state index >= 15 is 0 Å².